The molecule has 3 rings (SSSR count). The number of carbonyl (C=O) groups excluding carboxylic acids is 1. The third-order valence-electron chi connectivity index (χ3n) is 5.31. The third-order valence-corrected chi connectivity index (χ3v) is 5.31. The lowest BCUT2D eigenvalue weighted by Crippen LogP contribution is -2.41. The molecule has 1 aromatic heterocycles. The highest BCUT2D eigenvalue weighted by Crippen LogP contribution is 2.37. The van der Waals surface area contributed by atoms with E-state index in [0.29, 0.717) is 6.20 Å². The van der Waals surface area contributed by atoms with Crippen LogP contribution < -0.4 is 10.2 Å². The summed E-state index contributed by atoms with van der Waals surface area (Å²) >= 11 is 0. The first kappa shape index (κ1) is 19.8. The second kappa shape index (κ2) is 7.24. The molecular formula is C18H22F5N3O. The van der Waals surface area contributed by atoms with Crippen LogP contribution in [0, 0.1) is 6.92 Å². The third kappa shape index (κ3) is 4.32. The Morgan fingerprint density at radius 2 is 1.93 bits per heavy atom. The highest BCUT2D eigenvalue weighted by Gasteiger charge is 2.38. The van der Waals surface area contributed by atoms with Gasteiger partial charge in [0.2, 0.25) is 5.92 Å². The topological polar surface area (TPSA) is 45.2 Å². The number of amides is 1. The molecule has 1 aromatic rings. The molecule has 0 atom stereocenters. The Hall–Kier alpha value is -1.93. The number of aromatic nitrogens is 1. The molecule has 1 N–H and O–H groups in total. The Bertz CT molecular complexity index is 716. The van der Waals surface area contributed by atoms with E-state index in [1.165, 1.54) is 11.8 Å². The molecule has 1 saturated carbocycles. The van der Waals surface area contributed by atoms with Crippen LogP contribution in [0.5, 0.6) is 0 Å². The van der Waals surface area contributed by atoms with E-state index in [4.69, 9.17) is 0 Å². The van der Waals surface area contributed by atoms with Crippen LogP contribution in [0.1, 0.15) is 60.0 Å². The number of nitrogens with one attached hydrogen (secondary N) is 1. The van der Waals surface area contributed by atoms with Gasteiger partial charge in [0.1, 0.15) is 5.82 Å². The summed E-state index contributed by atoms with van der Waals surface area (Å²) in [7, 11) is 0. The average Bonchev–Trinajstić information content (AvgIpc) is 2.69. The number of hydrogen-bond acceptors (Lipinski definition) is 3. The Kier molecular flexibility index (Phi) is 5.31. The number of anilines is 1. The first-order valence-corrected chi connectivity index (χ1v) is 9.09. The van der Waals surface area contributed by atoms with Gasteiger partial charge in [-0.25, -0.2) is 13.8 Å². The van der Waals surface area contributed by atoms with Crippen LogP contribution in [0.4, 0.5) is 27.8 Å². The minimum atomic E-state index is -4.65. The molecule has 0 bridgehead atoms. The van der Waals surface area contributed by atoms with Crippen LogP contribution in [0.2, 0.25) is 0 Å². The molecule has 2 aliphatic rings. The number of pyridine rings is 1. The summed E-state index contributed by atoms with van der Waals surface area (Å²) in [5.74, 6) is -3.39. The average molecular weight is 391 g/mol. The van der Waals surface area contributed by atoms with Crippen LogP contribution in [-0.4, -0.2) is 35.9 Å². The molecule has 1 amide bonds. The predicted molar refractivity (Wildman–Crippen MR) is 90.1 cm³/mol. The molecule has 1 aliphatic heterocycles. The number of nitrogens with zero attached hydrogens (tertiary/aromatic N) is 2. The minimum Gasteiger partial charge on any atom is -0.356 e. The van der Waals surface area contributed by atoms with Gasteiger partial charge >= 0.3 is 6.18 Å². The van der Waals surface area contributed by atoms with Gasteiger partial charge in [0.05, 0.1) is 11.1 Å². The van der Waals surface area contributed by atoms with Gasteiger partial charge in [-0.3, -0.25) is 4.79 Å². The summed E-state index contributed by atoms with van der Waals surface area (Å²) in [5.41, 5.74) is -1.37. The van der Waals surface area contributed by atoms with Gasteiger partial charge < -0.3 is 10.2 Å². The Balaban J connectivity index is 1.98. The molecule has 1 saturated heterocycles. The van der Waals surface area contributed by atoms with Gasteiger partial charge in [-0.2, -0.15) is 13.2 Å². The van der Waals surface area contributed by atoms with Gasteiger partial charge in [-0.15, -0.1) is 0 Å². The SMILES string of the molecule is Cc1c(C(F)(F)F)cnc(N2CCCC(F)(F)CC2)c1C(=O)NC1CCC1. The van der Waals surface area contributed by atoms with E-state index >= 15 is 0 Å². The molecule has 0 radical (unpaired) electrons. The van der Waals surface area contributed by atoms with Gasteiger partial charge in [-0.1, -0.05) is 0 Å². The zero-order chi connectivity index (χ0) is 19.8. The highest BCUT2D eigenvalue weighted by molar-refractivity contribution is 6.01. The van der Waals surface area contributed by atoms with Crippen molar-refractivity contribution in [3.05, 3.63) is 22.9 Å². The van der Waals surface area contributed by atoms with Crippen molar-refractivity contribution in [1.82, 2.24) is 10.3 Å². The summed E-state index contributed by atoms with van der Waals surface area (Å²) in [4.78, 5) is 18.1. The lowest BCUT2D eigenvalue weighted by Gasteiger charge is -2.29. The zero-order valence-electron chi connectivity index (χ0n) is 15.0. The molecular weight excluding hydrogens is 369 g/mol. The smallest absolute Gasteiger partial charge is 0.356 e. The molecule has 150 valence electrons. The zero-order valence-corrected chi connectivity index (χ0v) is 15.0. The van der Waals surface area contributed by atoms with Crippen molar-refractivity contribution in [3.8, 4) is 0 Å². The molecule has 2 heterocycles. The fraction of sp³-hybridized carbons (Fsp3) is 0.667. The molecule has 0 unspecified atom stereocenters. The van der Waals surface area contributed by atoms with Crippen molar-refractivity contribution >= 4 is 11.7 Å². The maximum atomic E-state index is 13.7. The maximum Gasteiger partial charge on any atom is 0.418 e. The largest absolute Gasteiger partial charge is 0.418 e. The Morgan fingerprint density at radius 3 is 2.52 bits per heavy atom. The second-order valence-electron chi connectivity index (χ2n) is 7.29. The summed E-state index contributed by atoms with van der Waals surface area (Å²) in [6.07, 6.45) is -1.96. The molecule has 9 heteroatoms. The van der Waals surface area contributed by atoms with E-state index in [0.717, 1.165) is 19.3 Å². The Morgan fingerprint density at radius 1 is 1.22 bits per heavy atom. The van der Waals surface area contributed by atoms with E-state index in [-0.39, 0.29) is 48.9 Å². The molecule has 1 aliphatic carbocycles. The number of rotatable bonds is 3. The van der Waals surface area contributed by atoms with Crippen molar-refractivity contribution in [3.63, 3.8) is 0 Å². The number of alkyl halides is 5. The molecule has 0 aromatic carbocycles. The molecule has 2 fully saturated rings. The number of hydrogen-bond donors (Lipinski definition) is 1. The number of carbonyl (C=O) groups is 1. The highest BCUT2D eigenvalue weighted by atomic mass is 19.4. The lowest BCUT2D eigenvalue weighted by molar-refractivity contribution is -0.138. The van der Waals surface area contributed by atoms with Crippen molar-refractivity contribution in [2.75, 3.05) is 18.0 Å². The van der Waals surface area contributed by atoms with Gasteiger partial charge in [-0.05, 0) is 38.2 Å². The summed E-state index contributed by atoms with van der Waals surface area (Å²) in [5, 5.41) is 2.74. The molecule has 4 nitrogen and oxygen atoms in total. The van der Waals surface area contributed by atoms with Gasteiger partial charge in [0.25, 0.3) is 5.91 Å². The van der Waals surface area contributed by atoms with Crippen molar-refractivity contribution in [1.29, 1.82) is 0 Å². The van der Waals surface area contributed by atoms with E-state index < -0.39 is 30.0 Å². The van der Waals surface area contributed by atoms with Gasteiger partial charge in [0.15, 0.2) is 0 Å². The van der Waals surface area contributed by atoms with Crippen LogP contribution >= 0.6 is 0 Å². The summed E-state index contributed by atoms with van der Waals surface area (Å²) < 4.78 is 67.2. The summed E-state index contributed by atoms with van der Waals surface area (Å²) in [6.45, 7) is 1.39. The van der Waals surface area contributed by atoms with E-state index in [2.05, 4.69) is 10.3 Å². The van der Waals surface area contributed by atoms with Crippen LogP contribution in [0.15, 0.2) is 6.20 Å². The predicted octanol–water partition coefficient (Wildman–Crippen LogP) is 4.32. The maximum absolute atomic E-state index is 13.7. The fourth-order valence-electron chi connectivity index (χ4n) is 3.47. The quantitative estimate of drug-likeness (QED) is 0.781. The van der Waals surface area contributed by atoms with Crippen LogP contribution in [0.3, 0.4) is 0 Å². The van der Waals surface area contributed by atoms with E-state index in [1.54, 1.807) is 0 Å². The number of halogens is 5. The Labute approximate surface area is 154 Å². The van der Waals surface area contributed by atoms with Crippen LogP contribution in [0.25, 0.3) is 0 Å². The van der Waals surface area contributed by atoms with Crippen molar-refractivity contribution in [2.24, 2.45) is 0 Å². The standard InChI is InChI=1S/C18H22F5N3O/c1-11-13(18(21,22)23)10-24-15(14(11)16(27)25-12-4-2-5-12)26-8-3-6-17(19,20)7-9-26/h10,12H,2-9H2,1H3,(H,25,27). The van der Waals surface area contributed by atoms with Crippen molar-refractivity contribution in [2.45, 2.75) is 63.6 Å². The van der Waals surface area contributed by atoms with Crippen LogP contribution in [-0.2, 0) is 6.18 Å². The van der Waals surface area contributed by atoms with E-state index in [9.17, 15) is 26.7 Å². The summed E-state index contributed by atoms with van der Waals surface area (Å²) in [6, 6.07) is -0.0623. The van der Waals surface area contributed by atoms with E-state index in [1.807, 2.05) is 0 Å². The van der Waals surface area contributed by atoms with Gasteiger partial charge in [0, 0.05) is 38.2 Å². The minimum absolute atomic E-state index is 0.0509. The van der Waals surface area contributed by atoms with Crippen molar-refractivity contribution < 1.29 is 26.7 Å². The fourth-order valence-corrected chi connectivity index (χ4v) is 3.47. The normalized spacial score (nSPS) is 20.7. The monoisotopic (exact) mass is 391 g/mol. The first-order chi connectivity index (χ1) is 12.6. The molecule has 0 spiro atoms. The first-order valence-electron chi connectivity index (χ1n) is 9.09. The molecule has 27 heavy (non-hydrogen) atoms. The lowest BCUT2D eigenvalue weighted by atomic mass is 9.92. The second-order valence-corrected chi connectivity index (χ2v) is 7.29.